The molecule has 1 aliphatic heterocycles. The predicted molar refractivity (Wildman–Crippen MR) is 117 cm³/mol. The van der Waals surface area contributed by atoms with Crippen LogP contribution in [0.3, 0.4) is 0 Å². The maximum Gasteiger partial charge on any atom is 0.410 e. The van der Waals surface area contributed by atoms with Crippen molar-refractivity contribution in [3.8, 4) is 11.1 Å². The van der Waals surface area contributed by atoms with Gasteiger partial charge in [-0.1, -0.05) is 12.1 Å². The Labute approximate surface area is 184 Å². The van der Waals surface area contributed by atoms with E-state index in [2.05, 4.69) is 5.32 Å². The Bertz CT molecular complexity index is 1030. The molecular formula is C22H25FN4O5. The van der Waals surface area contributed by atoms with E-state index in [-0.39, 0.29) is 30.5 Å². The van der Waals surface area contributed by atoms with E-state index in [0.717, 1.165) is 0 Å². The average molecular weight is 444 g/mol. The molecule has 1 heterocycles. The van der Waals surface area contributed by atoms with Gasteiger partial charge in [0, 0.05) is 26.2 Å². The number of carbonyl (C=O) groups is 2. The van der Waals surface area contributed by atoms with E-state index in [0.29, 0.717) is 11.1 Å². The van der Waals surface area contributed by atoms with Gasteiger partial charge in [-0.3, -0.25) is 10.1 Å². The van der Waals surface area contributed by atoms with Crippen molar-refractivity contribution in [1.29, 1.82) is 0 Å². The Hall–Kier alpha value is -3.69. The number of likely N-dealkylation sites (N-methyl/N-ethyl adjacent to an activating group) is 1. The van der Waals surface area contributed by atoms with Crippen LogP contribution in [0.25, 0.3) is 11.1 Å². The Morgan fingerprint density at radius 2 is 1.75 bits per heavy atom. The molecule has 1 aliphatic rings. The van der Waals surface area contributed by atoms with E-state index in [9.17, 15) is 24.1 Å². The third kappa shape index (κ3) is 5.32. The van der Waals surface area contributed by atoms with Gasteiger partial charge in [0.15, 0.2) is 0 Å². The zero-order valence-corrected chi connectivity index (χ0v) is 18.3. The van der Waals surface area contributed by atoms with Crippen LogP contribution in [0, 0.1) is 15.9 Å². The summed E-state index contributed by atoms with van der Waals surface area (Å²) in [6.45, 7) is 5.85. The van der Waals surface area contributed by atoms with Gasteiger partial charge in [-0.2, -0.15) is 0 Å². The van der Waals surface area contributed by atoms with Crippen LogP contribution in [0.4, 0.5) is 25.4 Å². The molecule has 10 heteroatoms. The number of amides is 3. The van der Waals surface area contributed by atoms with E-state index in [1.165, 1.54) is 40.1 Å². The largest absolute Gasteiger partial charge is 0.444 e. The molecule has 0 aromatic heterocycles. The number of hydrogen-bond acceptors (Lipinski definition) is 5. The number of likely N-dealkylation sites (tertiary alicyclic amines) is 1. The molecule has 170 valence electrons. The summed E-state index contributed by atoms with van der Waals surface area (Å²) in [5.41, 5.74) is 0.399. The molecule has 0 radical (unpaired) electrons. The maximum absolute atomic E-state index is 13.2. The summed E-state index contributed by atoms with van der Waals surface area (Å²) < 4.78 is 18.5. The topological polar surface area (TPSA) is 105 Å². The first kappa shape index (κ1) is 23.0. The van der Waals surface area contributed by atoms with Crippen LogP contribution in [0.5, 0.6) is 0 Å². The maximum atomic E-state index is 13.2. The van der Waals surface area contributed by atoms with Crippen molar-refractivity contribution >= 4 is 23.5 Å². The number of nitro benzene ring substituents is 1. The normalized spacial score (nSPS) is 13.8. The van der Waals surface area contributed by atoms with Gasteiger partial charge >= 0.3 is 12.1 Å². The molecule has 0 spiro atoms. The smallest absolute Gasteiger partial charge is 0.410 e. The van der Waals surface area contributed by atoms with Gasteiger partial charge in [0.2, 0.25) is 0 Å². The molecule has 3 amide bonds. The van der Waals surface area contributed by atoms with E-state index >= 15 is 0 Å². The van der Waals surface area contributed by atoms with Crippen LogP contribution in [-0.4, -0.2) is 58.6 Å². The number of nitro groups is 1. The lowest BCUT2D eigenvalue weighted by molar-refractivity contribution is -0.383. The van der Waals surface area contributed by atoms with Gasteiger partial charge in [-0.25, -0.2) is 14.0 Å². The Kier molecular flexibility index (Phi) is 6.33. The highest BCUT2D eigenvalue weighted by Gasteiger charge is 2.37. The third-order valence-electron chi connectivity index (χ3n) is 4.99. The predicted octanol–water partition coefficient (Wildman–Crippen LogP) is 4.48. The SMILES string of the molecule is CN(C(=O)OC(C)(C)C)C1CN(C(=O)Nc2cc(-c3ccc(F)cc3)ccc2[N+](=O)[O-])C1. The van der Waals surface area contributed by atoms with Crippen molar-refractivity contribution in [2.45, 2.75) is 32.4 Å². The number of hydrogen-bond donors (Lipinski definition) is 1. The van der Waals surface area contributed by atoms with Crippen molar-refractivity contribution < 1.29 is 23.6 Å². The number of carbonyl (C=O) groups excluding carboxylic acids is 2. The Morgan fingerprint density at radius 3 is 2.31 bits per heavy atom. The minimum Gasteiger partial charge on any atom is -0.444 e. The monoisotopic (exact) mass is 444 g/mol. The number of anilines is 1. The molecule has 9 nitrogen and oxygen atoms in total. The third-order valence-corrected chi connectivity index (χ3v) is 4.99. The molecule has 1 fully saturated rings. The van der Waals surface area contributed by atoms with Crippen LogP contribution in [0.15, 0.2) is 42.5 Å². The van der Waals surface area contributed by atoms with Crippen LogP contribution in [-0.2, 0) is 4.74 Å². The standard InChI is InChI=1S/C22H25FN4O5/c1-22(2,3)32-21(29)25(4)17-12-26(13-17)20(28)24-18-11-15(7-10-19(18)27(30)31)14-5-8-16(23)9-6-14/h5-11,17H,12-13H2,1-4H3,(H,24,28). The molecule has 0 saturated carbocycles. The van der Waals surface area contributed by atoms with E-state index in [1.807, 2.05) is 0 Å². The minimum absolute atomic E-state index is 0.0331. The van der Waals surface area contributed by atoms with Crippen molar-refractivity contribution in [2.75, 3.05) is 25.5 Å². The summed E-state index contributed by atoms with van der Waals surface area (Å²) in [6, 6.07) is 9.26. The van der Waals surface area contributed by atoms with Gasteiger partial charge in [0.1, 0.15) is 17.1 Å². The number of ether oxygens (including phenoxy) is 1. The molecule has 1 saturated heterocycles. The second-order valence-corrected chi connectivity index (χ2v) is 8.58. The van der Waals surface area contributed by atoms with Crippen molar-refractivity contribution in [3.63, 3.8) is 0 Å². The van der Waals surface area contributed by atoms with Crippen LogP contribution >= 0.6 is 0 Å². The number of nitrogens with zero attached hydrogens (tertiary/aromatic N) is 3. The van der Waals surface area contributed by atoms with E-state index in [1.54, 1.807) is 40.0 Å². The number of halogens is 1. The Balaban J connectivity index is 1.68. The van der Waals surface area contributed by atoms with Crippen molar-refractivity contribution in [3.05, 3.63) is 58.4 Å². The highest BCUT2D eigenvalue weighted by molar-refractivity contribution is 5.93. The Morgan fingerprint density at radius 1 is 1.16 bits per heavy atom. The first-order valence-electron chi connectivity index (χ1n) is 10.0. The fraction of sp³-hybridized carbons (Fsp3) is 0.364. The quantitative estimate of drug-likeness (QED) is 0.553. The number of nitrogens with one attached hydrogen (secondary N) is 1. The highest BCUT2D eigenvalue weighted by atomic mass is 19.1. The molecule has 0 bridgehead atoms. The molecular weight excluding hydrogens is 419 g/mol. The van der Waals surface area contributed by atoms with Crippen LogP contribution in [0.2, 0.25) is 0 Å². The second-order valence-electron chi connectivity index (χ2n) is 8.58. The second kappa shape index (κ2) is 8.81. The fourth-order valence-electron chi connectivity index (χ4n) is 3.16. The summed E-state index contributed by atoms with van der Waals surface area (Å²) in [7, 11) is 1.60. The lowest BCUT2D eigenvalue weighted by Crippen LogP contribution is -2.62. The molecule has 32 heavy (non-hydrogen) atoms. The van der Waals surface area contributed by atoms with Gasteiger partial charge in [-0.15, -0.1) is 0 Å². The van der Waals surface area contributed by atoms with Crippen LogP contribution < -0.4 is 5.32 Å². The summed E-state index contributed by atoms with van der Waals surface area (Å²) in [5.74, 6) is -0.395. The van der Waals surface area contributed by atoms with Crippen molar-refractivity contribution in [2.24, 2.45) is 0 Å². The van der Waals surface area contributed by atoms with Crippen molar-refractivity contribution in [1.82, 2.24) is 9.80 Å². The highest BCUT2D eigenvalue weighted by Crippen LogP contribution is 2.31. The number of rotatable bonds is 4. The molecule has 0 atom stereocenters. The first-order valence-corrected chi connectivity index (χ1v) is 10.0. The number of urea groups is 1. The molecule has 0 aliphatic carbocycles. The number of benzene rings is 2. The first-order chi connectivity index (χ1) is 14.9. The minimum atomic E-state index is -0.624. The lowest BCUT2D eigenvalue weighted by atomic mass is 10.0. The van der Waals surface area contributed by atoms with Gasteiger partial charge in [0.25, 0.3) is 5.69 Å². The van der Waals surface area contributed by atoms with E-state index in [4.69, 9.17) is 4.74 Å². The molecule has 2 aromatic carbocycles. The summed E-state index contributed by atoms with van der Waals surface area (Å²) in [4.78, 5) is 38.5. The zero-order valence-electron chi connectivity index (χ0n) is 18.3. The molecule has 0 unspecified atom stereocenters. The van der Waals surface area contributed by atoms with Gasteiger partial charge < -0.3 is 19.9 Å². The van der Waals surface area contributed by atoms with Crippen LogP contribution in [0.1, 0.15) is 20.8 Å². The van der Waals surface area contributed by atoms with E-state index < -0.39 is 28.5 Å². The lowest BCUT2D eigenvalue weighted by Gasteiger charge is -2.43. The molecule has 1 N–H and O–H groups in total. The van der Waals surface area contributed by atoms with Gasteiger partial charge in [0.05, 0.1) is 11.0 Å². The fourth-order valence-corrected chi connectivity index (χ4v) is 3.16. The molecule has 3 rings (SSSR count). The summed E-state index contributed by atoms with van der Waals surface area (Å²) >= 11 is 0. The summed E-state index contributed by atoms with van der Waals surface area (Å²) in [6.07, 6.45) is -0.481. The van der Waals surface area contributed by atoms with Gasteiger partial charge in [-0.05, 0) is 56.2 Å². The molecule has 2 aromatic rings. The average Bonchev–Trinajstić information content (AvgIpc) is 2.65. The summed E-state index contributed by atoms with van der Waals surface area (Å²) in [5, 5.41) is 14.0. The zero-order chi connectivity index (χ0) is 23.6.